The molecule has 8 nitrogen and oxygen atoms in total. The summed E-state index contributed by atoms with van der Waals surface area (Å²) in [5.74, 6) is 0.500. The van der Waals surface area contributed by atoms with E-state index >= 15 is 0 Å². The number of H-pyrrole nitrogens is 1. The molecule has 0 fully saturated rings. The Hall–Kier alpha value is -2.32. The van der Waals surface area contributed by atoms with Crippen molar-refractivity contribution in [2.75, 3.05) is 12.0 Å². The van der Waals surface area contributed by atoms with Gasteiger partial charge in [0, 0.05) is 11.3 Å². The third kappa shape index (κ3) is 3.95. The van der Waals surface area contributed by atoms with E-state index in [1.54, 1.807) is 0 Å². The Kier molecular flexibility index (Phi) is 4.59. The molecule has 3 rings (SSSR count). The van der Waals surface area contributed by atoms with Gasteiger partial charge >= 0.3 is 0 Å². The molecule has 0 aliphatic carbocycles. The quantitative estimate of drug-likeness (QED) is 0.734. The number of aryl methyl sites for hydroxylation is 1. The lowest BCUT2D eigenvalue weighted by Gasteiger charge is -2.22. The summed E-state index contributed by atoms with van der Waals surface area (Å²) in [7, 11) is 0. The molecule has 1 aliphatic heterocycles. The predicted molar refractivity (Wildman–Crippen MR) is 89.2 cm³/mol. The van der Waals surface area contributed by atoms with E-state index in [-0.39, 0.29) is 17.6 Å². The SMILES string of the molecule is CC(C)(C)OCN[C@H]1CCc2cc(-c3nn[nH]n3)ccc2NC1=O. The second-order valence-electron chi connectivity index (χ2n) is 6.79. The van der Waals surface area contributed by atoms with E-state index in [9.17, 15) is 4.79 Å². The molecule has 2 heterocycles. The molecule has 3 N–H and O–H groups in total. The third-order valence-corrected chi connectivity index (χ3v) is 3.82. The third-order valence-electron chi connectivity index (χ3n) is 3.82. The molecule has 1 atom stereocenters. The van der Waals surface area contributed by atoms with Crippen LogP contribution in [-0.2, 0) is 16.0 Å². The van der Waals surface area contributed by atoms with E-state index in [1.807, 2.05) is 39.0 Å². The lowest BCUT2D eigenvalue weighted by Crippen LogP contribution is -2.42. The Labute approximate surface area is 140 Å². The Balaban J connectivity index is 1.69. The highest BCUT2D eigenvalue weighted by atomic mass is 16.5. The van der Waals surface area contributed by atoms with Gasteiger partial charge in [-0.05, 0) is 62.6 Å². The minimum absolute atomic E-state index is 0.0430. The van der Waals surface area contributed by atoms with Gasteiger partial charge in [-0.3, -0.25) is 10.1 Å². The summed E-state index contributed by atoms with van der Waals surface area (Å²) in [6.45, 7) is 6.29. The van der Waals surface area contributed by atoms with Crippen molar-refractivity contribution >= 4 is 11.6 Å². The largest absolute Gasteiger partial charge is 0.361 e. The first-order chi connectivity index (χ1) is 11.4. The maximum absolute atomic E-state index is 12.4. The van der Waals surface area contributed by atoms with Gasteiger partial charge in [-0.15, -0.1) is 10.2 Å². The van der Waals surface area contributed by atoms with Gasteiger partial charge in [0.1, 0.15) is 0 Å². The highest BCUT2D eigenvalue weighted by Crippen LogP contribution is 2.26. The summed E-state index contributed by atoms with van der Waals surface area (Å²) < 4.78 is 5.65. The standard InChI is InChI=1S/C16H22N6O2/c1-16(2,3)24-9-17-13-7-4-10-8-11(14-19-21-22-20-14)5-6-12(10)18-15(13)23/h5-6,8,13,17H,4,7,9H2,1-3H3,(H,18,23)(H,19,20,21,22)/t13-/m0/s1. The highest BCUT2D eigenvalue weighted by Gasteiger charge is 2.24. The van der Waals surface area contributed by atoms with Gasteiger partial charge in [0.05, 0.1) is 18.4 Å². The fourth-order valence-electron chi connectivity index (χ4n) is 2.55. The predicted octanol–water partition coefficient (Wildman–Crippen LogP) is 1.48. The van der Waals surface area contributed by atoms with Crippen molar-refractivity contribution in [1.82, 2.24) is 25.9 Å². The van der Waals surface area contributed by atoms with E-state index in [2.05, 4.69) is 31.3 Å². The fraction of sp³-hybridized carbons (Fsp3) is 0.500. The average Bonchev–Trinajstić information content (AvgIpc) is 3.00. The Morgan fingerprint density at radius 2 is 2.21 bits per heavy atom. The van der Waals surface area contributed by atoms with Crippen LogP contribution in [0.4, 0.5) is 5.69 Å². The fourth-order valence-corrected chi connectivity index (χ4v) is 2.55. The lowest BCUT2D eigenvalue weighted by atomic mass is 10.0. The van der Waals surface area contributed by atoms with Crippen molar-refractivity contribution in [2.45, 2.75) is 45.3 Å². The van der Waals surface area contributed by atoms with Crippen molar-refractivity contribution in [1.29, 1.82) is 0 Å². The van der Waals surface area contributed by atoms with Crippen LogP contribution in [0.25, 0.3) is 11.4 Å². The van der Waals surface area contributed by atoms with Gasteiger partial charge in [0.2, 0.25) is 11.7 Å². The monoisotopic (exact) mass is 330 g/mol. The molecule has 0 bridgehead atoms. The van der Waals surface area contributed by atoms with Gasteiger partial charge in [0.25, 0.3) is 0 Å². The van der Waals surface area contributed by atoms with Crippen molar-refractivity contribution in [3.63, 3.8) is 0 Å². The van der Waals surface area contributed by atoms with E-state index in [4.69, 9.17) is 4.74 Å². The van der Waals surface area contributed by atoms with Gasteiger partial charge in [-0.1, -0.05) is 0 Å². The number of rotatable bonds is 4. The number of carbonyl (C=O) groups is 1. The zero-order valence-corrected chi connectivity index (χ0v) is 14.1. The summed E-state index contributed by atoms with van der Waals surface area (Å²) in [5.41, 5.74) is 2.52. The van der Waals surface area contributed by atoms with E-state index in [0.717, 1.165) is 23.2 Å². The van der Waals surface area contributed by atoms with Crippen LogP contribution in [0.1, 0.15) is 32.8 Å². The maximum atomic E-state index is 12.4. The van der Waals surface area contributed by atoms with Crippen LogP contribution in [0, 0.1) is 0 Å². The number of amides is 1. The summed E-state index contributed by atoms with van der Waals surface area (Å²) in [4.78, 5) is 12.4. The topological polar surface area (TPSA) is 105 Å². The minimum atomic E-state index is -0.284. The average molecular weight is 330 g/mol. The lowest BCUT2D eigenvalue weighted by molar-refractivity contribution is -0.119. The normalized spacial score (nSPS) is 18.0. The molecule has 2 aromatic rings. The minimum Gasteiger partial charge on any atom is -0.361 e. The van der Waals surface area contributed by atoms with Crippen molar-refractivity contribution < 1.29 is 9.53 Å². The van der Waals surface area contributed by atoms with Gasteiger partial charge < -0.3 is 10.1 Å². The Bertz CT molecular complexity index is 708. The number of benzene rings is 1. The second-order valence-corrected chi connectivity index (χ2v) is 6.79. The molecular weight excluding hydrogens is 308 g/mol. The Morgan fingerprint density at radius 1 is 1.38 bits per heavy atom. The summed E-state index contributed by atoms with van der Waals surface area (Å²) in [6, 6.07) is 5.47. The number of fused-ring (bicyclic) bond motifs is 1. The van der Waals surface area contributed by atoms with Crippen molar-refractivity contribution in [3.8, 4) is 11.4 Å². The summed E-state index contributed by atoms with van der Waals surface area (Å²) in [5, 5.41) is 20.1. The van der Waals surface area contributed by atoms with Crippen LogP contribution in [0.5, 0.6) is 0 Å². The van der Waals surface area contributed by atoms with Gasteiger partial charge in [0.15, 0.2) is 0 Å². The van der Waals surface area contributed by atoms with Crippen LogP contribution in [-0.4, -0.2) is 44.9 Å². The smallest absolute Gasteiger partial charge is 0.241 e. The zero-order chi connectivity index (χ0) is 17.2. The van der Waals surface area contributed by atoms with Crippen LogP contribution < -0.4 is 10.6 Å². The van der Waals surface area contributed by atoms with Crippen molar-refractivity contribution in [3.05, 3.63) is 23.8 Å². The zero-order valence-electron chi connectivity index (χ0n) is 14.1. The van der Waals surface area contributed by atoms with Gasteiger partial charge in [-0.2, -0.15) is 5.21 Å². The molecule has 0 unspecified atom stereocenters. The van der Waals surface area contributed by atoms with E-state index < -0.39 is 0 Å². The first-order valence-corrected chi connectivity index (χ1v) is 7.97. The van der Waals surface area contributed by atoms with Crippen molar-refractivity contribution in [2.24, 2.45) is 0 Å². The number of hydrogen-bond acceptors (Lipinski definition) is 6. The molecule has 1 aromatic carbocycles. The number of aromatic nitrogens is 4. The number of nitrogens with one attached hydrogen (secondary N) is 3. The number of tetrazole rings is 1. The number of nitrogens with zero attached hydrogens (tertiary/aromatic N) is 3. The van der Waals surface area contributed by atoms with Gasteiger partial charge in [-0.25, -0.2) is 0 Å². The Morgan fingerprint density at radius 3 is 2.92 bits per heavy atom. The number of hydrogen-bond donors (Lipinski definition) is 3. The molecular formula is C16H22N6O2. The van der Waals surface area contributed by atoms with Crippen LogP contribution in [0.2, 0.25) is 0 Å². The molecule has 0 spiro atoms. The molecule has 0 radical (unpaired) electrons. The van der Waals surface area contributed by atoms with Crippen LogP contribution in [0.15, 0.2) is 18.2 Å². The number of ether oxygens (including phenoxy) is 1. The maximum Gasteiger partial charge on any atom is 0.241 e. The number of anilines is 1. The second kappa shape index (κ2) is 6.66. The van der Waals surface area contributed by atoms with Crippen LogP contribution >= 0.6 is 0 Å². The molecule has 24 heavy (non-hydrogen) atoms. The first kappa shape index (κ1) is 16.5. The molecule has 1 amide bonds. The first-order valence-electron chi connectivity index (χ1n) is 7.97. The number of aromatic amines is 1. The molecule has 1 aromatic heterocycles. The van der Waals surface area contributed by atoms with E-state index in [1.165, 1.54) is 0 Å². The molecule has 0 saturated carbocycles. The highest BCUT2D eigenvalue weighted by molar-refractivity contribution is 5.96. The summed E-state index contributed by atoms with van der Waals surface area (Å²) in [6.07, 6.45) is 1.47. The van der Waals surface area contributed by atoms with E-state index in [0.29, 0.717) is 19.0 Å². The molecule has 1 aliphatic rings. The molecule has 8 heteroatoms. The van der Waals surface area contributed by atoms with Crippen LogP contribution in [0.3, 0.4) is 0 Å². The number of carbonyl (C=O) groups excluding carboxylic acids is 1. The summed E-state index contributed by atoms with van der Waals surface area (Å²) >= 11 is 0. The molecule has 128 valence electrons. The molecule has 0 saturated heterocycles.